The Morgan fingerprint density at radius 2 is 2.00 bits per heavy atom. The molecule has 1 atom stereocenters. The summed E-state index contributed by atoms with van der Waals surface area (Å²) in [5.74, 6) is 1.32. The highest BCUT2D eigenvalue weighted by Gasteiger charge is 2.27. The Hall–Kier alpha value is -1.16. The molecule has 4 heteroatoms. The number of hydrogen-bond acceptors (Lipinski definition) is 4. The highest BCUT2D eigenvalue weighted by atomic mass is 15.1. The Morgan fingerprint density at radius 3 is 2.63 bits per heavy atom. The van der Waals surface area contributed by atoms with E-state index in [1.54, 1.807) is 12.4 Å². The van der Waals surface area contributed by atoms with E-state index in [4.69, 9.17) is 5.73 Å². The van der Waals surface area contributed by atoms with Crippen LogP contribution in [0.5, 0.6) is 0 Å². The molecule has 2 N–H and O–H groups in total. The summed E-state index contributed by atoms with van der Waals surface area (Å²) in [6.45, 7) is 10.3. The maximum absolute atomic E-state index is 5.56. The van der Waals surface area contributed by atoms with E-state index in [0.717, 1.165) is 24.7 Å². The fraction of sp³-hybridized carbons (Fsp3) is 0.733. The van der Waals surface area contributed by atoms with E-state index in [1.165, 1.54) is 25.8 Å². The zero-order chi connectivity index (χ0) is 13.9. The number of anilines is 1. The monoisotopic (exact) mass is 262 g/mol. The van der Waals surface area contributed by atoms with Crippen LogP contribution in [0.2, 0.25) is 0 Å². The fourth-order valence-electron chi connectivity index (χ4n) is 2.86. The average Bonchev–Trinajstić information content (AvgIpc) is 2.57. The summed E-state index contributed by atoms with van der Waals surface area (Å²) in [6.07, 6.45) is 7.34. The maximum Gasteiger partial charge on any atom is 0.141 e. The van der Waals surface area contributed by atoms with Crippen LogP contribution in [0.1, 0.15) is 45.7 Å². The van der Waals surface area contributed by atoms with Gasteiger partial charge in [-0.3, -0.25) is 9.88 Å². The standard InChI is InChI=1S/C15H26N4/c1-15(2,3)12-5-4-7-19(8-6-12)11-13-9-18-14(16)10-17-13/h9-10,12H,4-8,11H2,1-3H3,(H2,16,18). The molecular weight excluding hydrogens is 236 g/mol. The molecule has 1 aliphatic rings. The lowest BCUT2D eigenvalue weighted by Crippen LogP contribution is -2.26. The second-order valence-electron chi connectivity index (χ2n) is 6.70. The summed E-state index contributed by atoms with van der Waals surface area (Å²) < 4.78 is 0. The van der Waals surface area contributed by atoms with Gasteiger partial charge in [0, 0.05) is 6.54 Å². The van der Waals surface area contributed by atoms with Crippen molar-refractivity contribution in [1.82, 2.24) is 14.9 Å². The van der Waals surface area contributed by atoms with Crippen molar-refractivity contribution in [2.24, 2.45) is 11.3 Å². The molecule has 0 spiro atoms. The Kier molecular flexibility index (Phi) is 4.40. The van der Waals surface area contributed by atoms with Gasteiger partial charge in [0.1, 0.15) is 5.82 Å². The Morgan fingerprint density at radius 1 is 1.21 bits per heavy atom. The predicted molar refractivity (Wildman–Crippen MR) is 78.5 cm³/mol. The van der Waals surface area contributed by atoms with Crippen molar-refractivity contribution in [1.29, 1.82) is 0 Å². The molecule has 1 aromatic heterocycles. The van der Waals surface area contributed by atoms with Gasteiger partial charge in [-0.05, 0) is 43.7 Å². The summed E-state index contributed by atoms with van der Waals surface area (Å²) in [5.41, 5.74) is 7.01. The molecule has 19 heavy (non-hydrogen) atoms. The lowest BCUT2D eigenvalue weighted by molar-refractivity contribution is 0.206. The van der Waals surface area contributed by atoms with Gasteiger partial charge in [-0.15, -0.1) is 0 Å². The second-order valence-corrected chi connectivity index (χ2v) is 6.70. The zero-order valence-corrected chi connectivity index (χ0v) is 12.4. The van der Waals surface area contributed by atoms with E-state index in [0.29, 0.717) is 11.2 Å². The third-order valence-electron chi connectivity index (χ3n) is 4.16. The van der Waals surface area contributed by atoms with E-state index < -0.39 is 0 Å². The molecule has 0 bridgehead atoms. The zero-order valence-electron chi connectivity index (χ0n) is 12.4. The quantitative estimate of drug-likeness (QED) is 0.890. The summed E-state index contributed by atoms with van der Waals surface area (Å²) >= 11 is 0. The Labute approximate surface area is 116 Å². The van der Waals surface area contributed by atoms with Gasteiger partial charge in [0.2, 0.25) is 0 Å². The molecule has 0 saturated carbocycles. The number of nitrogen functional groups attached to an aromatic ring is 1. The molecule has 0 amide bonds. The first-order chi connectivity index (χ1) is 8.95. The van der Waals surface area contributed by atoms with Crippen molar-refractivity contribution >= 4 is 5.82 Å². The van der Waals surface area contributed by atoms with Crippen LogP contribution in [0.4, 0.5) is 5.82 Å². The second kappa shape index (κ2) is 5.87. The van der Waals surface area contributed by atoms with E-state index >= 15 is 0 Å². The van der Waals surface area contributed by atoms with Gasteiger partial charge in [-0.1, -0.05) is 20.8 Å². The van der Waals surface area contributed by atoms with Crippen molar-refractivity contribution in [3.63, 3.8) is 0 Å². The van der Waals surface area contributed by atoms with Crippen LogP contribution in [0.25, 0.3) is 0 Å². The number of nitrogens with two attached hydrogens (primary N) is 1. The van der Waals surface area contributed by atoms with Gasteiger partial charge >= 0.3 is 0 Å². The molecule has 2 heterocycles. The van der Waals surface area contributed by atoms with Crippen molar-refractivity contribution in [2.75, 3.05) is 18.8 Å². The first-order valence-corrected chi connectivity index (χ1v) is 7.24. The lowest BCUT2D eigenvalue weighted by Gasteiger charge is -2.29. The topological polar surface area (TPSA) is 55.0 Å². The van der Waals surface area contributed by atoms with Gasteiger partial charge in [0.25, 0.3) is 0 Å². The van der Waals surface area contributed by atoms with Crippen LogP contribution in [0.15, 0.2) is 12.4 Å². The molecule has 1 fully saturated rings. The van der Waals surface area contributed by atoms with E-state index in [2.05, 4.69) is 35.6 Å². The van der Waals surface area contributed by atoms with Crippen molar-refractivity contribution in [3.8, 4) is 0 Å². The minimum absolute atomic E-state index is 0.428. The summed E-state index contributed by atoms with van der Waals surface area (Å²) in [6, 6.07) is 0. The van der Waals surface area contributed by atoms with Gasteiger partial charge < -0.3 is 5.73 Å². The average molecular weight is 262 g/mol. The highest BCUT2D eigenvalue weighted by Crippen LogP contribution is 2.34. The maximum atomic E-state index is 5.56. The molecule has 2 rings (SSSR count). The molecule has 0 radical (unpaired) electrons. The predicted octanol–water partition coefficient (Wildman–Crippen LogP) is 2.71. The fourth-order valence-corrected chi connectivity index (χ4v) is 2.86. The van der Waals surface area contributed by atoms with Gasteiger partial charge in [0.05, 0.1) is 18.1 Å². The first-order valence-electron chi connectivity index (χ1n) is 7.24. The number of hydrogen-bond donors (Lipinski definition) is 1. The molecule has 4 nitrogen and oxygen atoms in total. The number of likely N-dealkylation sites (tertiary alicyclic amines) is 1. The minimum atomic E-state index is 0.428. The Bertz CT molecular complexity index is 394. The number of aromatic nitrogens is 2. The van der Waals surface area contributed by atoms with E-state index in [9.17, 15) is 0 Å². The minimum Gasteiger partial charge on any atom is -0.382 e. The Balaban J connectivity index is 1.91. The molecular formula is C15H26N4. The largest absolute Gasteiger partial charge is 0.382 e. The van der Waals surface area contributed by atoms with Gasteiger partial charge in [-0.2, -0.15) is 0 Å². The van der Waals surface area contributed by atoms with Crippen molar-refractivity contribution in [3.05, 3.63) is 18.1 Å². The van der Waals surface area contributed by atoms with Gasteiger partial charge in [-0.25, -0.2) is 4.98 Å². The van der Waals surface area contributed by atoms with Crippen LogP contribution >= 0.6 is 0 Å². The summed E-state index contributed by atoms with van der Waals surface area (Å²) in [5, 5.41) is 0. The molecule has 1 saturated heterocycles. The smallest absolute Gasteiger partial charge is 0.141 e. The molecule has 0 aromatic carbocycles. The number of rotatable bonds is 2. The summed E-state index contributed by atoms with van der Waals surface area (Å²) in [7, 11) is 0. The van der Waals surface area contributed by atoms with Crippen molar-refractivity contribution < 1.29 is 0 Å². The first kappa shape index (κ1) is 14.3. The van der Waals surface area contributed by atoms with Crippen LogP contribution in [-0.2, 0) is 6.54 Å². The lowest BCUT2D eigenvalue weighted by atomic mass is 9.77. The van der Waals surface area contributed by atoms with Crippen LogP contribution < -0.4 is 5.73 Å². The number of nitrogens with zero attached hydrogens (tertiary/aromatic N) is 3. The molecule has 1 unspecified atom stereocenters. The highest BCUT2D eigenvalue weighted by molar-refractivity contribution is 5.22. The molecule has 1 aromatic rings. The third kappa shape index (κ3) is 4.16. The molecule has 1 aliphatic heterocycles. The third-order valence-corrected chi connectivity index (χ3v) is 4.16. The van der Waals surface area contributed by atoms with Crippen LogP contribution in [0.3, 0.4) is 0 Å². The molecule has 106 valence electrons. The molecule has 0 aliphatic carbocycles. The van der Waals surface area contributed by atoms with E-state index in [-0.39, 0.29) is 0 Å². The van der Waals surface area contributed by atoms with Gasteiger partial charge in [0.15, 0.2) is 0 Å². The van der Waals surface area contributed by atoms with E-state index in [1.807, 2.05) is 0 Å². The van der Waals surface area contributed by atoms with Crippen LogP contribution in [-0.4, -0.2) is 28.0 Å². The summed E-state index contributed by atoms with van der Waals surface area (Å²) in [4.78, 5) is 10.9. The SMILES string of the molecule is CC(C)(C)C1CCCN(Cc2cnc(N)cn2)CC1. The van der Waals surface area contributed by atoms with Crippen LogP contribution in [0, 0.1) is 11.3 Å². The van der Waals surface area contributed by atoms with Crippen molar-refractivity contribution in [2.45, 2.75) is 46.6 Å². The normalized spacial score (nSPS) is 22.2.